The monoisotopic (exact) mass is 365 g/mol. The van der Waals surface area contributed by atoms with Crippen molar-refractivity contribution in [2.45, 2.75) is 59.4 Å². The molecule has 0 unspecified atom stereocenters. The molecule has 1 N–H and O–H groups in total. The summed E-state index contributed by atoms with van der Waals surface area (Å²) in [5.74, 6) is 0.869. The minimum absolute atomic E-state index is 0.442. The minimum atomic E-state index is 0.442. The molecule has 0 atom stereocenters. The molecular weight excluding hydrogens is 341 g/mol. The normalized spacial score (nSPS) is 11.1. The fraction of sp³-hybridized carbons (Fsp3) is 0.474. The molecule has 0 fully saturated rings. The summed E-state index contributed by atoms with van der Waals surface area (Å²) in [6.45, 7) is 8.36. The second-order valence-electron chi connectivity index (χ2n) is 6.13. The molecule has 0 aliphatic heterocycles. The van der Waals surface area contributed by atoms with Crippen LogP contribution in [0.4, 0.5) is 5.82 Å². The molecule has 0 saturated heterocycles. The standard InChI is InChI=1S/C19H25Cl2N3/c1-5-7-15(8-6-2)24-19-13(4)22-18(12(3)23-19)16-10-9-14(20)11-17(16)21/h9-11,15H,5-8H2,1-4H3,(H,23,24). The van der Waals surface area contributed by atoms with Gasteiger partial charge in [0.2, 0.25) is 0 Å². The van der Waals surface area contributed by atoms with Gasteiger partial charge in [0, 0.05) is 16.6 Å². The number of nitrogens with one attached hydrogen (secondary N) is 1. The summed E-state index contributed by atoms with van der Waals surface area (Å²) >= 11 is 12.3. The molecule has 1 aromatic heterocycles. The number of anilines is 1. The number of aromatic nitrogens is 2. The van der Waals surface area contributed by atoms with Gasteiger partial charge < -0.3 is 5.32 Å². The lowest BCUT2D eigenvalue weighted by Crippen LogP contribution is -2.21. The Balaban J connectivity index is 2.34. The Bertz CT molecular complexity index is 695. The zero-order valence-electron chi connectivity index (χ0n) is 14.8. The van der Waals surface area contributed by atoms with Crippen molar-refractivity contribution >= 4 is 29.0 Å². The maximum atomic E-state index is 6.33. The number of benzene rings is 1. The zero-order valence-corrected chi connectivity index (χ0v) is 16.3. The van der Waals surface area contributed by atoms with Crippen molar-refractivity contribution < 1.29 is 0 Å². The van der Waals surface area contributed by atoms with Gasteiger partial charge in [-0.1, -0.05) is 49.9 Å². The fourth-order valence-corrected chi connectivity index (χ4v) is 3.35. The van der Waals surface area contributed by atoms with Crippen LogP contribution >= 0.6 is 23.2 Å². The van der Waals surface area contributed by atoms with Crippen molar-refractivity contribution in [1.82, 2.24) is 9.97 Å². The van der Waals surface area contributed by atoms with Crippen LogP contribution in [0.1, 0.15) is 50.9 Å². The molecule has 24 heavy (non-hydrogen) atoms. The summed E-state index contributed by atoms with van der Waals surface area (Å²) in [6, 6.07) is 5.90. The molecule has 0 amide bonds. The van der Waals surface area contributed by atoms with Gasteiger partial charge in [-0.25, -0.2) is 9.97 Å². The maximum absolute atomic E-state index is 6.33. The molecule has 0 saturated carbocycles. The summed E-state index contributed by atoms with van der Waals surface area (Å²) in [6.07, 6.45) is 4.58. The summed E-state index contributed by atoms with van der Waals surface area (Å²) in [5, 5.41) is 4.77. The zero-order chi connectivity index (χ0) is 17.7. The number of hydrogen-bond acceptors (Lipinski definition) is 3. The molecule has 3 nitrogen and oxygen atoms in total. The first kappa shape index (κ1) is 19.0. The van der Waals surface area contributed by atoms with E-state index in [0.29, 0.717) is 16.1 Å². The molecule has 0 bridgehead atoms. The average molecular weight is 366 g/mol. The molecule has 1 heterocycles. The molecule has 0 radical (unpaired) electrons. The van der Waals surface area contributed by atoms with Crippen LogP contribution in [-0.2, 0) is 0 Å². The van der Waals surface area contributed by atoms with Crippen LogP contribution in [0.2, 0.25) is 10.0 Å². The van der Waals surface area contributed by atoms with Crippen molar-refractivity contribution in [2.24, 2.45) is 0 Å². The summed E-state index contributed by atoms with van der Waals surface area (Å²) in [4.78, 5) is 9.51. The van der Waals surface area contributed by atoms with Gasteiger partial charge in [0.05, 0.1) is 22.1 Å². The quantitative estimate of drug-likeness (QED) is 0.612. The van der Waals surface area contributed by atoms with E-state index in [-0.39, 0.29) is 0 Å². The Kier molecular flexibility index (Phi) is 6.88. The molecule has 0 spiro atoms. The topological polar surface area (TPSA) is 37.8 Å². The van der Waals surface area contributed by atoms with Gasteiger partial charge in [-0.05, 0) is 44.9 Å². The highest BCUT2D eigenvalue weighted by Crippen LogP contribution is 2.31. The van der Waals surface area contributed by atoms with Crippen molar-refractivity contribution in [3.05, 3.63) is 39.6 Å². The van der Waals surface area contributed by atoms with E-state index < -0.39 is 0 Å². The van der Waals surface area contributed by atoms with E-state index in [0.717, 1.165) is 54.1 Å². The van der Waals surface area contributed by atoms with E-state index in [1.165, 1.54) is 0 Å². The Hall–Kier alpha value is -1.32. The first-order valence-corrected chi connectivity index (χ1v) is 9.29. The van der Waals surface area contributed by atoms with Gasteiger partial charge >= 0.3 is 0 Å². The van der Waals surface area contributed by atoms with E-state index in [4.69, 9.17) is 33.2 Å². The van der Waals surface area contributed by atoms with Crippen LogP contribution in [-0.4, -0.2) is 16.0 Å². The van der Waals surface area contributed by atoms with Gasteiger partial charge in [-0.3, -0.25) is 0 Å². The van der Waals surface area contributed by atoms with Crippen LogP contribution in [0.3, 0.4) is 0 Å². The Morgan fingerprint density at radius 1 is 1.00 bits per heavy atom. The van der Waals surface area contributed by atoms with Crippen LogP contribution in [0.15, 0.2) is 18.2 Å². The minimum Gasteiger partial charge on any atom is -0.366 e. The van der Waals surface area contributed by atoms with Gasteiger partial charge in [-0.15, -0.1) is 0 Å². The largest absolute Gasteiger partial charge is 0.366 e. The fourth-order valence-electron chi connectivity index (χ4n) is 2.86. The average Bonchev–Trinajstić information content (AvgIpc) is 2.51. The molecule has 130 valence electrons. The molecule has 5 heteroatoms. The predicted molar refractivity (Wildman–Crippen MR) is 104 cm³/mol. The van der Waals surface area contributed by atoms with Crippen molar-refractivity contribution in [2.75, 3.05) is 5.32 Å². The molecule has 2 rings (SSSR count). The van der Waals surface area contributed by atoms with E-state index >= 15 is 0 Å². The third kappa shape index (κ3) is 4.61. The summed E-state index contributed by atoms with van der Waals surface area (Å²) < 4.78 is 0. The Morgan fingerprint density at radius 3 is 2.25 bits per heavy atom. The highest BCUT2D eigenvalue weighted by molar-refractivity contribution is 6.36. The third-order valence-electron chi connectivity index (χ3n) is 4.05. The number of halogens is 2. The molecule has 0 aliphatic carbocycles. The number of aryl methyl sites for hydroxylation is 2. The lowest BCUT2D eigenvalue weighted by atomic mass is 10.1. The second-order valence-corrected chi connectivity index (χ2v) is 6.98. The number of nitrogens with zero attached hydrogens (tertiary/aromatic N) is 2. The van der Waals surface area contributed by atoms with Gasteiger partial charge in [0.15, 0.2) is 0 Å². The second kappa shape index (κ2) is 8.68. The predicted octanol–water partition coefficient (Wildman–Crippen LogP) is 6.45. The van der Waals surface area contributed by atoms with E-state index in [9.17, 15) is 0 Å². The number of hydrogen-bond donors (Lipinski definition) is 1. The molecule has 1 aromatic carbocycles. The van der Waals surface area contributed by atoms with Gasteiger partial charge in [0.25, 0.3) is 0 Å². The smallest absolute Gasteiger partial charge is 0.148 e. The van der Waals surface area contributed by atoms with Crippen molar-refractivity contribution in [3.63, 3.8) is 0 Å². The first-order valence-electron chi connectivity index (χ1n) is 8.53. The van der Waals surface area contributed by atoms with Crippen LogP contribution in [0.25, 0.3) is 11.3 Å². The highest BCUT2D eigenvalue weighted by atomic mass is 35.5. The SMILES string of the molecule is CCCC(CCC)Nc1nc(C)c(-c2ccc(Cl)cc2Cl)nc1C. The maximum Gasteiger partial charge on any atom is 0.148 e. The Morgan fingerprint density at radius 2 is 1.67 bits per heavy atom. The third-order valence-corrected chi connectivity index (χ3v) is 4.59. The summed E-state index contributed by atoms with van der Waals surface area (Å²) in [7, 11) is 0. The summed E-state index contributed by atoms with van der Waals surface area (Å²) in [5.41, 5.74) is 3.42. The van der Waals surface area contributed by atoms with Gasteiger partial charge in [0.1, 0.15) is 5.82 Å². The molecular formula is C19H25Cl2N3. The van der Waals surface area contributed by atoms with Gasteiger partial charge in [-0.2, -0.15) is 0 Å². The van der Waals surface area contributed by atoms with E-state index in [2.05, 4.69) is 19.2 Å². The van der Waals surface area contributed by atoms with Crippen molar-refractivity contribution in [1.29, 1.82) is 0 Å². The van der Waals surface area contributed by atoms with Crippen LogP contribution in [0, 0.1) is 13.8 Å². The van der Waals surface area contributed by atoms with E-state index in [1.54, 1.807) is 6.07 Å². The number of rotatable bonds is 7. The molecule has 0 aliphatic rings. The highest BCUT2D eigenvalue weighted by Gasteiger charge is 2.15. The van der Waals surface area contributed by atoms with E-state index in [1.807, 2.05) is 26.0 Å². The van der Waals surface area contributed by atoms with Crippen LogP contribution in [0.5, 0.6) is 0 Å². The first-order chi connectivity index (χ1) is 11.5. The van der Waals surface area contributed by atoms with Crippen molar-refractivity contribution in [3.8, 4) is 11.3 Å². The lowest BCUT2D eigenvalue weighted by Gasteiger charge is -2.20. The lowest BCUT2D eigenvalue weighted by molar-refractivity contribution is 0.583. The molecule has 2 aromatic rings. The van der Waals surface area contributed by atoms with Crippen LogP contribution < -0.4 is 5.32 Å². The Labute approximate surface area is 154 Å².